The molecule has 5 heterocycles. The Balaban J connectivity index is 1.26. The van der Waals surface area contributed by atoms with E-state index in [-0.39, 0.29) is 23.8 Å². The van der Waals surface area contributed by atoms with Gasteiger partial charge in [0.05, 0.1) is 10.5 Å². The molecule has 44 heavy (non-hydrogen) atoms. The molecule has 4 aliphatic heterocycles. The van der Waals surface area contributed by atoms with E-state index in [4.69, 9.17) is 9.47 Å². The highest BCUT2D eigenvalue weighted by molar-refractivity contribution is 9.10. The number of hydrogen-bond acceptors (Lipinski definition) is 6. The largest absolute Gasteiger partial charge is 0.349 e. The van der Waals surface area contributed by atoms with Gasteiger partial charge in [0.15, 0.2) is 0 Å². The second-order valence-corrected chi connectivity index (χ2v) is 14.7. The molecule has 0 saturated carbocycles. The molecule has 236 valence electrons. The fourth-order valence-corrected chi connectivity index (χ4v) is 8.97. The van der Waals surface area contributed by atoms with Crippen molar-refractivity contribution in [2.24, 2.45) is 17.8 Å². The molecule has 10 nitrogen and oxygen atoms in total. The number of piperazine rings is 1. The summed E-state index contributed by atoms with van der Waals surface area (Å²) in [5, 5.41) is 4.30. The number of halogens is 1. The Labute approximate surface area is 266 Å². The highest BCUT2D eigenvalue weighted by Gasteiger charge is 2.72. The SMILES string of the molecule is CO[C@@]12O[C@](NC(=O)[C@@H]3C=C4c5cccc6[nH]c(Br)c(c56)CC4N(C)C3)(C(C)C)C(=O)N1[C@@H](CC(C)C)C(=O)N1CCCC12. The molecule has 3 saturated heterocycles. The van der Waals surface area contributed by atoms with Crippen LogP contribution < -0.4 is 5.32 Å². The quantitative estimate of drug-likeness (QED) is 0.485. The molecule has 1 aromatic carbocycles. The van der Waals surface area contributed by atoms with Gasteiger partial charge in [-0.3, -0.25) is 28.9 Å². The Kier molecular flexibility index (Phi) is 7.08. The van der Waals surface area contributed by atoms with Crippen LogP contribution in [0.3, 0.4) is 0 Å². The number of aromatic amines is 1. The molecule has 7 rings (SSSR count). The first kappa shape index (κ1) is 30.0. The summed E-state index contributed by atoms with van der Waals surface area (Å²) in [5.74, 6) is -3.00. The van der Waals surface area contributed by atoms with Gasteiger partial charge in [0.25, 0.3) is 11.8 Å². The third-order valence-electron chi connectivity index (χ3n) is 10.5. The maximum atomic E-state index is 14.7. The number of fused-ring (bicyclic) bond motifs is 5. The Morgan fingerprint density at radius 3 is 2.73 bits per heavy atom. The fraction of sp³-hybridized carbons (Fsp3) is 0.606. The molecule has 0 spiro atoms. The van der Waals surface area contributed by atoms with E-state index in [0.717, 1.165) is 34.1 Å². The van der Waals surface area contributed by atoms with Crippen LogP contribution in [-0.4, -0.2) is 94.4 Å². The number of carbonyl (C=O) groups is 3. The molecular formula is C33H42BrN5O5. The molecule has 11 heteroatoms. The molecule has 6 atom stereocenters. The third-order valence-corrected chi connectivity index (χ3v) is 11.2. The van der Waals surface area contributed by atoms with Gasteiger partial charge < -0.3 is 19.9 Å². The smallest absolute Gasteiger partial charge is 0.281 e. The average Bonchev–Trinajstić information content (AvgIpc) is 3.67. The third kappa shape index (κ3) is 4.04. The molecule has 2 N–H and O–H groups in total. The zero-order chi connectivity index (χ0) is 31.3. The molecule has 5 aliphatic rings. The van der Waals surface area contributed by atoms with Gasteiger partial charge in [-0.1, -0.05) is 45.9 Å². The number of carbonyl (C=O) groups excluding carboxylic acids is 3. The van der Waals surface area contributed by atoms with E-state index in [9.17, 15) is 14.4 Å². The van der Waals surface area contributed by atoms with Crippen molar-refractivity contribution in [1.82, 2.24) is 25.0 Å². The second kappa shape index (κ2) is 10.4. The number of rotatable bonds is 6. The monoisotopic (exact) mass is 667 g/mol. The van der Waals surface area contributed by atoms with Crippen LogP contribution in [0.1, 0.15) is 58.1 Å². The van der Waals surface area contributed by atoms with Crippen molar-refractivity contribution < 1.29 is 23.9 Å². The molecule has 3 amide bonds. The van der Waals surface area contributed by atoms with Crippen molar-refractivity contribution in [3.05, 3.63) is 40.0 Å². The van der Waals surface area contributed by atoms with Gasteiger partial charge in [-0.25, -0.2) is 0 Å². The van der Waals surface area contributed by atoms with Crippen molar-refractivity contribution in [3.63, 3.8) is 0 Å². The number of nitrogens with zero attached hydrogens (tertiary/aromatic N) is 3. The lowest BCUT2D eigenvalue weighted by Crippen LogP contribution is -2.72. The molecule has 2 unspecified atom stereocenters. The van der Waals surface area contributed by atoms with Crippen LogP contribution in [0.25, 0.3) is 16.5 Å². The van der Waals surface area contributed by atoms with Crippen molar-refractivity contribution >= 4 is 50.1 Å². The van der Waals surface area contributed by atoms with E-state index < -0.39 is 41.5 Å². The number of methoxy groups -OCH3 is 1. The van der Waals surface area contributed by atoms with Crippen LogP contribution in [0, 0.1) is 17.8 Å². The number of amides is 3. The Hall–Kier alpha value is -2.73. The van der Waals surface area contributed by atoms with Crippen LogP contribution in [0.2, 0.25) is 0 Å². The lowest BCUT2D eigenvalue weighted by Gasteiger charge is -2.51. The predicted octanol–water partition coefficient (Wildman–Crippen LogP) is 3.85. The molecule has 0 radical (unpaired) electrons. The minimum Gasteiger partial charge on any atom is -0.349 e. The summed E-state index contributed by atoms with van der Waals surface area (Å²) in [4.78, 5) is 51.8. The topological polar surface area (TPSA) is 107 Å². The highest BCUT2D eigenvalue weighted by atomic mass is 79.9. The zero-order valence-corrected chi connectivity index (χ0v) is 27.9. The summed E-state index contributed by atoms with van der Waals surface area (Å²) in [6.07, 6.45) is 4.85. The standard InChI is InChI=1S/C33H42BrN5O5/c1-17(2)13-25-30(41)38-12-8-11-26(38)33(43-6)39(25)31(42)32(44-33,18(3)4)36-29(40)19-14-21-20-9-7-10-23-27(20)22(28(34)35-23)15-24(21)37(5)16-19/h7,9-10,14,17-19,24-26,35H,8,11-13,15-16H2,1-6H3,(H,36,40)/t19-,24?,25+,26?,32-,33+/m1/s1. The zero-order valence-electron chi connectivity index (χ0n) is 26.3. The normalized spacial score (nSPS) is 33.2. The van der Waals surface area contributed by atoms with Gasteiger partial charge in [0.1, 0.15) is 12.1 Å². The Bertz CT molecular complexity index is 1590. The molecule has 1 aliphatic carbocycles. The summed E-state index contributed by atoms with van der Waals surface area (Å²) < 4.78 is 14.0. The molecule has 2 aromatic rings. The van der Waals surface area contributed by atoms with Gasteiger partial charge in [-0.2, -0.15) is 0 Å². The summed E-state index contributed by atoms with van der Waals surface area (Å²) in [6.45, 7) is 8.93. The van der Waals surface area contributed by atoms with Gasteiger partial charge in [-0.15, -0.1) is 0 Å². The van der Waals surface area contributed by atoms with Gasteiger partial charge in [-0.05, 0) is 77.3 Å². The number of aromatic nitrogens is 1. The number of likely N-dealkylation sites (N-methyl/N-ethyl adjacent to an activating group) is 1. The number of nitrogens with one attached hydrogen (secondary N) is 2. The predicted molar refractivity (Wildman–Crippen MR) is 169 cm³/mol. The van der Waals surface area contributed by atoms with E-state index in [0.29, 0.717) is 25.9 Å². The van der Waals surface area contributed by atoms with Crippen molar-refractivity contribution in [2.75, 3.05) is 27.2 Å². The number of H-pyrrole nitrogens is 1. The van der Waals surface area contributed by atoms with Crippen molar-refractivity contribution in [1.29, 1.82) is 0 Å². The molecule has 3 fully saturated rings. The summed E-state index contributed by atoms with van der Waals surface area (Å²) in [5.41, 5.74) is 2.88. The lowest BCUT2D eigenvalue weighted by atomic mass is 9.79. The number of benzene rings is 1. The first-order valence-corrected chi connectivity index (χ1v) is 16.7. The van der Waals surface area contributed by atoms with E-state index in [1.54, 1.807) is 0 Å². The minimum absolute atomic E-state index is 0.0661. The average molecular weight is 669 g/mol. The van der Waals surface area contributed by atoms with Crippen LogP contribution in [0.15, 0.2) is 28.9 Å². The summed E-state index contributed by atoms with van der Waals surface area (Å²) in [6, 6.07) is 5.20. The van der Waals surface area contributed by atoms with Gasteiger partial charge >= 0.3 is 0 Å². The fourth-order valence-electron chi connectivity index (χ4n) is 8.40. The van der Waals surface area contributed by atoms with Crippen LogP contribution in [-0.2, 0) is 30.3 Å². The van der Waals surface area contributed by atoms with E-state index in [2.05, 4.69) is 56.4 Å². The maximum Gasteiger partial charge on any atom is 0.281 e. The first-order chi connectivity index (χ1) is 20.9. The summed E-state index contributed by atoms with van der Waals surface area (Å²) in [7, 11) is 3.59. The van der Waals surface area contributed by atoms with E-state index in [1.165, 1.54) is 23.0 Å². The Morgan fingerprint density at radius 2 is 2.02 bits per heavy atom. The lowest BCUT2D eigenvalue weighted by molar-refractivity contribution is -0.333. The van der Waals surface area contributed by atoms with Crippen LogP contribution >= 0.6 is 15.9 Å². The van der Waals surface area contributed by atoms with Crippen LogP contribution in [0.4, 0.5) is 0 Å². The maximum absolute atomic E-state index is 14.7. The van der Waals surface area contributed by atoms with Crippen molar-refractivity contribution in [3.8, 4) is 0 Å². The van der Waals surface area contributed by atoms with Crippen molar-refractivity contribution in [2.45, 2.75) is 83.1 Å². The molecule has 1 aromatic heterocycles. The summed E-state index contributed by atoms with van der Waals surface area (Å²) >= 11 is 3.72. The Morgan fingerprint density at radius 1 is 1.25 bits per heavy atom. The van der Waals surface area contributed by atoms with Gasteiger partial charge in [0.2, 0.25) is 17.5 Å². The highest BCUT2D eigenvalue weighted by Crippen LogP contribution is 2.50. The number of ether oxygens (including phenoxy) is 2. The van der Waals surface area contributed by atoms with E-state index >= 15 is 0 Å². The minimum atomic E-state index is -1.68. The second-order valence-electron chi connectivity index (χ2n) is 13.9. The van der Waals surface area contributed by atoms with Gasteiger partial charge in [0, 0.05) is 43.1 Å². The molecule has 0 bridgehead atoms. The number of hydrogen-bond donors (Lipinski definition) is 2. The van der Waals surface area contributed by atoms with E-state index in [1.807, 2.05) is 38.7 Å². The van der Waals surface area contributed by atoms with Crippen LogP contribution in [0.5, 0.6) is 0 Å². The molecular weight excluding hydrogens is 626 g/mol. The first-order valence-electron chi connectivity index (χ1n) is 15.9.